The van der Waals surface area contributed by atoms with Crippen molar-refractivity contribution in [2.24, 2.45) is 0 Å². The lowest BCUT2D eigenvalue weighted by atomic mass is 10.2. The summed E-state index contributed by atoms with van der Waals surface area (Å²) < 4.78 is 9.43. The number of carbonyl (C=O) groups excluding carboxylic acids is 2. The fourth-order valence-corrected chi connectivity index (χ4v) is 1.28. The summed E-state index contributed by atoms with van der Waals surface area (Å²) in [6.45, 7) is 0.384. The Labute approximate surface area is 110 Å². The Morgan fingerprint density at radius 2 is 1.89 bits per heavy atom. The number of hydrogen-bond donors (Lipinski definition) is 1. The van der Waals surface area contributed by atoms with Crippen molar-refractivity contribution < 1.29 is 19.1 Å². The van der Waals surface area contributed by atoms with Gasteiger partial charge >= 0.3 is 12.1 Å². The molecule has 0 saturated heterocycles. The lowest BCUT2D eigenvalue weighted by Gasteiger charge is -2.06. The van der Waals surface area contributed by atoms with Crippen molar-refractivity contribution in [3.05, 3.63) is 35.9 Å². The molecule has 1 N–H and O–H groups in total. The van der Waals surface area contributed by atoms with Crippen LogP contribution in [0.25, 0.3) is 0 Å². The number of halogens is 1. The van der Waals surface area contributed by atoms with Gasteiger partial charge in [0, 0.05) is 6.54 Å². The van der Waals surface area contributed by atoms with Crippen molar-refractivity contribution in [2.45, 2.75) is 13.0 Å². The van der Waals surface area contributed by atoms with Crippen molar-refractivity contribution in [1.29, 1.82) is 0 Å². The Kier molecular flexibility index (Phi) is 6.64. The molecule has 1 amide bonds. The van der Waals surface area contributed by atoms with Gasteiger partial charge in [0.25, 0.3) is 0 Å². The van der Waals surface area contributed by atoms with E-state index in [1.54, 1.807) is 0 Å². The minimum Gasteiger partial charge on any atom is -0.461 e. The molecule has 0 unspecified atom stereocenters. The lowest BCUT2D eigenvalue weighted by Crippen LogP contribution is -2.26. The van der Waals surface area contributed by atoms with Crippen LogP contribution < -0.4 is 5.32 Å². The lowest BCUT2D eigenvalue weighted by molar-refractivity contribution is -0.144. The van der Waals surface area contributed by atoms with Crippen molar-refractivity contribution in [3.8, 4) is 0 Å². The minimum atomic E-state index is -0.652. The van der Waals surface area contributed by atoms with Crippen LogP contribution in [0, 0.1) is 0 Å². The van der Waals surface area contributed by atoms with Gasteiger partial charge < -0.3 is 14.8 Å². The molecule has 1 rings (SSSR count). The number of esters is 1. The summed E-state index contributed by atoms with van der Waals surface area (Å²) in [4.78, 5) is 22.1. The van der Waals surface area contributed by atoms with Gasteiger partial charge in [-0.15, -0.1) is 0 Å². The van der Waals surface area contributed by atoms with Gasteiger partial charge in [-0.2, -0.15) is 0 Å². The number of ether oxygens (including phenoxy) is 2. The quantitative estimate of drug-likeness (QED) is 0.635. The molecule has 0 heterocycles. The molecule has 0 atom stereocenters. The summed E-state index contributed by atoms with van der Waals surface area (Å²) in [5.41, 5.74) is 0.917. The van der Waals surface area contributed by atoms with E-state index in [2.05, 4.69) is 10.1 Å². The van der Waals surface area contributed by atoms with Gasteiger partial charge in [0.2, 0.25) is 0 Å². The van der Waals surface area contributed by atoms with E-state index in [4.69, 9.17) is 16.3 Å². The van der Waals surface area contributed by atoms with E-state index in [0.29, 0.717) is 0 Å². The van der Waals surface area contributed by atoms with Crippen molar-refractivity contribution in [1.82, 2.24) is 5.32 Å². The van der Waals surface area contributed by atoms with E-state index in [1.807, 2.05) is 30.3 Å². The fourth-order valence-electron chi connectivity index (χ4n) is 1.18. The molecule has 1 aromatic rings. The maximum Gasteiger partial charge on any atom is 0.408 e. The first-order valence-corrected chi connectivity index (χ1v) is 5.92. The van der Waals surface area contributed by atoms with Crippen LogP contribution in [0.15, 0.2) is 30.3 Å². The van der Waals surface area contributed by atoms with Gasteiger partial charge in [0.05, 0.1) is 6.42 Å². The first-order valence-electron chi connectivity index (χ1n) is 5.38. The topological polar surface area (TPSA) is 64.6 Å². The van der Waals surface area contributed by atoms with Crippen molar-refractivity contribution >= 4 is 23.7 Å². The van der Waals surface area contributed by atoms with Gasteiger partial charge in [-0.1, -0.05) is 41.9 Å². The van der Waals surface area contributed by atoms with Crippen molar-refractivity contribution in [2.75, 3.05) is 12.6 Å². The number of nitrogens with one attached hydrogen (secondary N) is 1. The van der Waals surface area contributed by atoms with Gasteiger partial charge in [-0.25, -0.2) is 4.79 Å². The summed E-state index contributed by atoms with van der Waals surface area (Å²) in [7, 11) is 0. The van der Waals surface area contributed by atoms with Crippen LogP contribution in [-0.4, -0.2) is 24.7 Å². The molecule has 98 valence electrons. The molecule has 0 saturated carbocycles. The van der Waals surface area contributed by atoms with E-state index < -0.39 is 6.09 Å². The summed E-state index contributed by atoms with van der Waals surface area (Å²) >= 11 is 5.18. The number of benzene rings is 1. The third kappa shape index (κ3) is 6.10. The monoisotopic (exact) mass is 271 g/mol. The molecule has 0 spiro atoms. The van der Waals surface area contributed by atoms with Gasteiger partial charge in [-0.3, -0.25) is 4.79 Å². The second-order valence-corrected chi connectivity index (χ2v) is 3.58. The van der Waals surface area contributed by atoms with E-state index in [9.17, 15) is 9.59 Å². The second-order valence-electron chi connectivity index (χ2n) is 3.36. The van der Waals surface area contributed by atoms with Crippen LogP contribution in [0.4, 0.5) is 4.79 Å². The zero-order valence-corrected chi connectivity index (χ0v) is 10.5. The highest BCUT2D eigenvalue weighted by atomic mass is 35.5. The Morgan fingerprint density at radius 3 is 2.56 bits per heavy atom. The smallest absolute Gasteiger partial charge is 0.408 e. The Hall–Kier alpha value is -1.75. The minimum absolute atomic E-state index is 0.0875. The summed E-state index contributed by atoms with van der Waals surface area (Å²) in [5.74, 6) is -0.384. The molecular formula is C12H14ClNO4. The SMILES string of the molecule is O=C(CCNC(=O)OCCl)OCc1ccccc1. The number of rotatable bonds is 6. The zero-order chi connectivity index (χ0) is 13.2. The number of hydrogen-bond acceptors (Lipinski definition) is 4. The third-order valence-corrected chi connectivity index (χ3v) is 2.14. The average Bonchev–Trinajstić information content (AvgIpc) is 2.38. The fraction of sp³-hybridized carbons (Fsp3) is 0.333. The molecule has 0 bridgehead atoms. The van der Waals surface area contributed by atoms with E-state index in [1.165, 1.54) is 0 Å². The van der Waals surface area contributed by atoms with Crippen LogP contribution in [0.3, 0.4) is 0 Å². The van der Waals surface area contributed by atoms with E-state index in [0.717, 1.165) is 5.56 Å². The second kappa shape index (κ2) is 8.36. The van der Waals surface area contributed by atoms with Gasteiger partial charge in [0.15, 0.2) is 6.07 Å². The molecule has 0 aliphatic carbocycles. The van der Waals surface area contributed by atoms with Gasteiger partial charge in [0.1, 0.15) is 6.61 Å². The number of alkyl halides is 1. The molecular weight excluding hydrogens is 258 g/mol. The summed E-state index contributed by atoms with van der Waals surface area (Å²) in [5, 5.41) is 2.37. The third-order valence-electron chi connectivity index (χ3n) is 2.03. The molecule has 0 aromatic heterocycles. The highest BCUT2D eigenvalue weighted by Gasteiger charge is 2.05. The number of alkyl carbamates (subject to hydrolysis) is 1. The summed E-state index contributed by atoms with van der Waals surface area (Å²) in [6.07, 6.45) is -0.564. The van der Waals surface area contributed by atoms with Crippen LogP contribution in [-0.2, 0) is 20.9 Å². The highest BCUT2D eigenvalue weighted by Crippen LogP contribution is 2.01. The number of amides is 1. The number of carbonyl (C=O) groups is 2. The van der Waals surface area contributed by atoms with Crippen molar-refractivity contribution in [3.63, 3.8) is 0 Å². The molecule has 5 nitrogen and oxygen atoms in total. The largest absolute Gasteiger partial charge is 0.461 e. The predicted molar refractivity (Wildman–Crippen MR) is 66.1 cm³/mol. The molecule has 0 fully saturated rings. The van der Waals surface area contributed by atoms with E-state index in [-0.39, 0.29) is 31.6 Å². The molecule has 0 aliphatic heterocycles. The zero-order valence-electron chi connectivity index (χ0n) is 9.73. The van der Waals surface area contributed by atoms with E-state index >= 15 is 0 Å². The Morgan fingerprint density at radius 1 is 1.17 bits per heavy atom. The van der Waals surface area contributed by atoms with Crippen LogP contribution in [0.2, 0.25) is 0 Å². The molecule has 1 aromatic carbocycles. The van der Waals surface area contributed by atoms with Gasteiger partial charge in [-0.05, 0) is 5.56 Å². The first kappa shape index (κ1) is 14.3. The highest BCUT2D eigenvalue weighted by molar-refractivity contribution is 6.17. The maximum absolute atomic E-state index is 11.3. The normalized spacial score (nSPS) is 9.61. The molecule has 0 aliphatic rings. The van der Waals surface area contributed by atoms with Crippen LogP contribution >= 0.6 is 11.6 Å². The standard InChI is InChI=1S/C12H14ClNO4/c13-9-18-12(16)14-7-6-11(15)17-8-10-4-2-1-3-5-10/h1-5H,6-9H2,(H,14,16). The predicted octanol–water partition coefficient (Wildman–Crippen LogP) is 2.04. The van der Waals surface area contributed by atoms with Crippen LogP contribution in [0.5, 0.6) is 0 Å². The molecule has 6 heteroatoms. The first-order chi connectivity index (χ1) is 8.72. The Balaban J connectivity index is 2.13. The molecule has 18 heavy (non-hydrogen) atoms. The Bertz CT molecular complexity index is 383. The van der Waals surface area contributed by atoms with Crippen LogP contribution in [0.1, 0.15) is 12.0 Å². The molecule has 0 radical (unpaired) electrons. The maximum atomic E-state index is 11.3. The average molecular weight is 272 g/mol. The summed E-state index contributed by atoms with van der Waals surface area (Å²) in [6, 6.07) is 9.13.